The van der Waals surface area contributed by atoms with Crippen molar-refractivity contribution >= 4 is 5.91 Å². The Bertz CT molecular complexity index is 340. The van der Waals surface area contributed by atoms with Gasteiger partial charge >= 0.3 is 0 Å². The molecule has 0 heterocycles. The molecule has 0 aliphatic carbocycles. The number of nitrogens with zero attached hydrogens (tertiary/aromatic N) is 2. The van der Waals surface area contributed by atoms with Gasteiger partial charge in [-0.3, -0.25) is 4.79 Å². The Kier molecular flexibility index (Phi) is 3.69. The summed E-state index contributed by atoms with van der Waals surface area (Å²) in [5, 5.41) is 8.37. The maximum Gasteiger partial charge on any atom is 0.253 e. The number of hydrogen-bond acceptors (Lipinski definition) is 2. The zero-order valence-corrected chi connectivity index (χ0v) is 8.03. The highest BCUT2D eigenvalue weighted by Gasteiger charge is 2.09. The van der Waals surface area contributed by atoms with Crippen LogP contribution in [0.2, 0.25) is 0 Å². The number of nitriles is 1. The number of carbonyl (C=O) groups excluding carboxylic acids is 1. The number of hydrogen-bond donors (Lipinski definition) is 0. The van der Waals surface area contributed by atoms with E-state index in [1.54, 1.807) is 36.2 Å². The average molecular weight is 187 g/mol. The molecule has 0 aromatic heterocycles. The minimum Gasteiger partial charge on any atom is -0.341 e. The van der Waals surface area contributed by atoms with Gasteiger partial charge in [0.2, 0.25) is 0 Å². The van der Waals surface area contributed by atoms with Crippen LogP contribution in [0.1, 0.15) is 16.8 Å². The summed E-state index contributed by atoms with van der Waals surface area (Å²) in [5.74, 6) is -0.0609. The van der Waals surface area contributed by atoms with Crippen LogP contribution in [-0.2, 0) is 0 Å². The molecule has 1 aromatic carbocycles. The molecule has 0 bridgehead atoms. The molecule has 3 heteroatoms. The lowest BCUT2D eigenvalue weighted by Gasteiger charge is -2.14. The Hall–Kier alpha value is -1.82. The van der Waals surface area contributed by atoms with Gasteiger partial charge < -0.3 is 4.90 Å². The van der Waals surface area contributed by atoms with Crippen LogP contribution in [0.25, 0.3) is 0 Å². The summed E-state index contributed by atoms with van der Waals surface area (Å²) in [5.41, 5.74) is 0.629. The van der Waals surface area contributed by atoms with Crippen molar-refractivity contribution in [3.8, 4) is 6.07 Å². The second-order valence-electron chi connectivity index (χ2n) is 2.92. The topological polar surface area (TPSA) is 44.1 Å². The Morgan fingerprint density at radius 1 is 1.57 bits per heavy atom. The molecule has 0 atom stereocenters. The average Bonchev–Trinajstić information content (AvgIpc) is 2.26. The largest absolute Gasteiger partial charge is 0.341 e. The highest BCUT2D eigenvalue weighted by Crippen LogP contribution is 2.02. The normalized spacial score (nSPS) is 9.14. The van der Waals surface area contributed by atoms with Gasteiger partial charge in [-0.25, -0.2) is 0 Å². The first-order valence-corrected chi connectivity index (χ1v) is 4.34. The van der Waals surface area contributed by atoms with Gasteiger partial charge in [0.1, 0.15) is 0 Å². The molecule has 1 amide bonds. The van der Waals surface area contributed by atoms with Gasteiger partial charge in [-0.1, -0.05) is 12.1 Å². The predicted octanol–water partition coefficient (Wildman–Crippen LogP) is 1.47. The molecule has 71 valence electrons. The van der Waals surface area contributed by atoms with Gasteiger partial charge in [-0.05, 0) is 18.2 Å². The standard InChI is InChI=1S/C11H11N2O/c1-13(9-5-8-12)11(14)10-6-3-2-4-7-10/h3-4,6-7H,5,9H2,1H3. The first-order chi connectivity index (χ1) is 6.75. The molecule has 1 radical (unpaired) electrons. The van der Waals surface area contributed by atoms with Gasteiger partial charge in [0.15, 0.2) is 0 Å². The van der Waals surface area contributed by atoms with Crippen LogP contribution < -0.4 is 0 Å². The van der Waals surface area contributed by atoms with Gasteiger partial charge in [0.25, 0.3) is 5.91 Å². The van der Waals surface area contributed by atoms with Crippen molar-refractivity contribution in [3.63, 3.8) is 0 Å². The van der Waals surface area contributed by atoms with Gasteiger partial charge in [-0.2, -0.15) is 5.26 Å². The van der Waals surface area contributed by atoms with E-state index in [1.165, 1.54) is 0 Å². The van der Waals surface area contributed by atoms with Crippen molar-refractivity contribution in [2.75, 3.05) is 13.6 Å². The molecule has 0 unspecified atom stereocenters. The molecule has 14 heavy (non-hydrogen) atoms. The summed E-state index contributed by atoms with van der Waals surface area (Å²) in [6.07, 6.45) is 0.362. The van der Waals surface area contributed by atoms with E-state index in [-0.39, 0.29) is 5.91 Å². The molecule has 0 saturated heterocycles. The molecule has 1 rings (SSSR count). The van der Waals surface area contributed by atoms with E-state index in [0.717, 1.165) is 0 Å². The van der Waals surface area contributed by atoms with Crippen LogP contribution in [0.15, 0.2) is 24.3 Å². The van der Waals surface area contributed by atoms with Crippen molar-refractivity contribution in [3.05, 3.63) is 35.9 Å². The Morgan fingerprint density at radius 3 is 2.79 bits per heavy atom. The maximum atomic E-state index is 11.7. The molecular weight excluding hydrogens is 176 g/mol. The van der Waals surface area contributed by atoms with E-state index in [0.29, 0.717) is 18.5 Å². The molecule has 0 aliphatic heterocycles. The number of benzene rings is 1. The zero-order valence-electron chi connectivity index (χ0n) is 8.03. The lowest BCUT2D eigenvalue weighted by molar-refractivity contribution is 0.0798. The fraction of sp³-hybridized carbons (Fsp3) is 0.273. The second-order valence-corrected chi connectivity index (χ2v) is 2.92. The van der Waals surface area contributed by atoms with Crippen molar-refractivity contribution < 1.29 is 4.79 Å². The fourth-order valence-electron chi connectivity index (χ4n) is 1.07. The third-order valence-electron chi connectivity index (χ3n) is 1.87. The van der Waals surface area contributed by atoms with E-state index >= 15 is 0 Å². The van der Waals surface area contributed by atoms with Crippen LogP contribution >= 0.6 is 0 Å². The summed E-state index contributed by atoms with van der Waals surface area (Å²) in [6.45, 7) is 0.466. The highest BCUT2D eigenvalue weighted by atomic mass is 16.2. The molecule has 0 N–H and O–H groups in total. The summed E-state index contributed by atoms with van der Waals surface area (Å²) < 4.78 is 0. The van der Waals surface area contributed by atoms with Crippen LogP contribution in [-0.4, -0.2) is 24.4 Å². The van der Waals surface area contributed by atoms with Crippen molar-refractivity contribution in [1.82, 2.24) is 4.90 Å². The maximum absolute atomic E-state index is 11.7. The Morgan fingerprint density at radius 2 is 2.21 bits per heavy atom. The molecule has 1 aromatic rings. The van der Waals surface area contributed by atoms with E-state index in [4.69, 9.17) is 5.26 Å². The summed E-state index contributed by atoms with van der Waals surface area (Å²) in [6, 6.07) is 11.7. The minimum absolute atomic E-state index is 0.0609. The minimum atomic E-state index is -0.0609. The molecule has 3 nitrogen and oxygen atoms in total. The molecule has 0 aliphatic rings. The molecule has 0 saturated carbocycles. The van der Waals surface area contributed by atoms with Crippen molar-refractivity contribution in [2.24, 2.45) is 0 Å². The first kappa shape index (κ1) is 10.3. The Balaban J connectivity index is 2.63. The zero-order chi connectivity index (χ0) is 10.4. The number of amides is 1. The molecule has 0 spiro atoms. The van der Waals surface area contributed by atoms with Gasteiger partial charge in [0.05, 0.1) is 12.5 Å². The highest BCUT2D eigenvalue weighted by molar-refractivity contribution is 5.93. The fourth-order valence-corrected chi connectivity index (χ4v) is 1.07. The predicted molar refractivity (Wildman–Crippen MR) is 52.5 cm³/mol. The summed E-state index contributed by atoms with van der Waals surface area (Å²) in [7, 11) is 1.69. The van der Waals surface area contributed by atoms with E-state index in [9.17, 15) is 4.79 Å². The van der Waals surface area contributed by atoms with Crippen molar-refractivity contribution in [1.29, 1.82) is 5.26 Å². The quantitative estimate of drug-likeness (QED) is 0.719. The van der Waals surface area contributed by atoms with Gasteiger partial charge in [-0.15, -0.1) is 0 Å². The van der Waals surface area contributed by atoms with Crippen LogP contribution in [0.3, 0.4) is 0 Å². The monoisotopic (exact) mass is 187 g/mol. The Labute approximate surface area is 83.6 Å². The number of carbonyl (C=O) groups is 1. The molecule has 0 fully saturated rings. The summed E-state index contributed by atoms with van der Waals surface area (Å²) >= 11 is 0. The third kappa shape index (κ3) is 2.60. The summed E-state index contributed by atoms with van der Waals surface area (Å²) in [4.78, 5) is 13.2. The first-order valence-electron chi connectivity index (χ1n) is 4.34. The number of rotatable bonds is 3. The van der Waals surface area contributed by atoms with E-state index in [2.05, 4.69) is 6.07 Å². The van der Waals surface area contributed by atoms with Gasteiger partial charge in [0, 0.05) is 19.2 Å². The SMILES string of the molecule is CN(CCC#N)C(=O)c1cc[c]cc1. The van der Waals surface area contributed by atoms with Crippen LogP contribution in [0, 0.1) is 17.4 Å². The van der Waals surface area contributed by atoms with Crippen molar-refractivity contribution in [2.45, 2.75) is 6.42 Å². The van der Waals surface area contributed by atoms with E-state index < -0.39 is 0 Å². The van der Waals surface area contributed by atoms with E-state index in [1.807, 2.05) is 6.07 Å². The lowest BCUT2D eigenvalue weighted by atomic mass is 10.2. The third-order valence-corrected chi connectivity index (χ3v) is 1.87. The smallest absolute Gasteiger partial charge is 0.253 e. The molecular formula is C11H11N2O. The lowest BCUT2D eigenvalue weighted by Crippen LogP contribution is -2.27. The van der Waals surface area contributed by atoms with Crippen LogP contribution in [0.5, 0.6) is 0 Å². The van der Waals surface area contributed by atoms with Crippen LogP contribution in [0.4, 0.5) is 0 Å². The second kappa shape index (κ2) is 5.03.